The molecule has 1 saturated heterocycles. The molecule has 3 heterocycles. The number of nitrogens with zero attached hydrogens (tertiary/aromatic N) is 5. The van der Waals surface area contributed by atoms with Crippen LogP contribution in [0.25, 0.3) is 22.4 Å². The van der Waals surface area contributed by atoms with Crippen LogP contribution in [-0.2, 0) is 4.79 Å². The number of benzene rings is 2. The van der Waals surface area contributed by atoms with Crippen LogP contribution in [0.5, 0.6) is 5.75 Å². The zero-order valence-corrected chi connectivity index (χ0v) is 19.5. The van der Waals surface area contributed by atoms with E-state index >= 15 is 0 Å². The summed E-state index contributed by atoms with van der Waals surface area (Å²) in [6, 6.07) is 12.6. The smallest absolute Gasteiger partial charge is 0.324 e. The van der Waals surface area contributed by atoms with Gasteiger partial charge in [0.15, 0.2) is 5.16 Å². The molecule has 2 aromatic carbocycles. The van der Waals surface area contributed by atoms with E-state index in [-0.39, 0.29) is 24.0 Å². The minimum absolute atomic E-state index is 0.0483. The van der Waals surface area contributed by atoms with Gasteiger partial charge < -0.3 is 10.1 Å². The van der Waals surface area contributed by atoms with Crippen LogP contribution in [0.15, 0.2) is 52.4 Å². The van der Waals surface area contributed by atoms with E-state index in [2.05, 4.69) is 15.5 Å². The zero-order chi connectivity index (χ0) is 23.8. The van der Waals surface area contributed by atoms with Crippen LogP contribution < -0.4 is 15.6 Å². The number of para-hydroxylation sites is 1. The molecule has 0 saturated carbocycles. The fourth-order valence-electron chi connectivity index (χ4n) is 4.03. The van der Waals surface area contributed by atoms with Crippen LogP contribution in [0.1, 0.15) is 12.0 Å². The number of fused-ring (bicyclic) bond motifs is 3. The van der Waals surface area contributed by atoms with Crippen LogP contribution in [0.4, 0.5) is 4.79 Å². The first-order chi connectivity index (χ1) is 16.5. The number of hydrogen-bond donors (Lipinski definition) is 1. The molecule has 34 heavy (non-hydrogen) atoms. The Morgan fingerprint density at radius 2 is 1.94 bits per heavy atom. The number of carbonyl (C=O) groups is 2. The van der Waals surface area contributed by atoms with Gasteiger partial charge in [-0.1, -0.05) is 30.0 Å². The molecule has 0 atom stereocenters. The van der Waals surface area contributed by atoms with Gasteiger partial charge in [-0.3, -0.25) is 18.9 Å². The first kappa shape index (κ1) is 22.0. The third kappa shape index (κ3) is 3.67. The van der Waals surface area contributed by atoms with Crippen molar-refractivity contribution < 1.29 is 14.3 Å². The van der Waals surface area contributed by atoms with Gasteiger partial charge in [-0.25, -0.2) is 9.36 Å². The molecule has 0 bridgehead atoms. The highest BCUT2D eigenvalue weighted by Crippen LogP contribution is 2.28. The maximum absolute atomic E-state index is 13.5. The Balaban J connectivity index is 1.56. The number of urea groups is 1. The Hall–Kier alpha value is -3.86. The number of rotatable bonds is 7. The van der Waals surface area contributed by atoms with E-state index in [1.165, 1.54) is 21.2 Å². The maximum Gasteiger partial charge on any atom is 0.324 e. The number of aryl methyl sites for hydroxylation is 1. The molecule has 5 rings (SSSR count). The summed E-state index contributed by atoms with van der Waals surface area (Å²) in [6.07, 6.45) is 0.599. The number of hydrogen-bond acceptors (Lipinski definition) is 7. The van der Waals surface area contributed by atoms with Gasteiger partial charge in [-0.2, -0.15) is 0 Å². The summed E-state index contributed by atoms with van der Waals surface area (Å²) < 4.78 is 8.92. The van der Waals surface area contributed by atoms with Crippen LogP contribution in [0.3, 0.4) is 0 Å². The molecule has 0 aliphatic carbocycles. The van der Waals surface area contributed by atoms with Crippen LogP contribution in [0, 0.1) is 6.92 Å². The molecular formula is C23H22N6O4S. The lowest BCUT2D eigenvalue weighted by Crippen LogP contribution is -2.32. The summed E-state index contributed by atoms with van der Waals surface area (Å²) in [6.45, 7) is 2.33. The first-order valence-electron chi connectivity index (χ1n) is 10.7. The number of amides is 3. The van der Waals surface area contributed by atoms with Crippen molar-refractivity contribution in [2.24, 2.45) is 0 Å². The Morgan fingerprint density at radius 1 is 1.12 bits per heavy atom. The molecule has 4 aromatic rings. The number of imide groups is 1. The largest absolute Gasteiger partial charge is 0.495 e. The van der Waals surface area contributed by atoms with Crippen molar-refractivity contribution in [3.8, 4) is 11.4 Å². The topological polar surface area (TPSA) is 111 Å². The minimum atomic E-state index is -0.356. The Morgan fingerprint density at radius 3 is 2.71 bits per heavy atom. The molecule has 1 aliphatic heterocycles. The second-order valence-electron chi connectivity index (χ2n) is 7.86. The fraction of sp³-hybridized carbons (Fsp3) is 0.261. The third-order valence-corrected chi connectivity index (χ3v) is 6.68. The molecule has 1 N–H and O–H groups in total. The van der Waals surface area contributed by atoms with Gasteiger partial charge in [-0.15, -0.1) is 10.2 Å². The van der Waals surface area contributed by atoms with E-state index in [4.69, 9.17) is 4.74 Å². The molecule has 0 spiro atoms. The number of carbonyl (C=O) groups excluding carboxylic acids is 2. The van der Waals surface area contributed by atoms with Crippen molar-refractivity contribution in [3.63, 3.8) is 0 Å². The highest BCUT2D eigenvalue weighted by atomic mass is 32.2. The predicted molar refractivity (Wildman–Crippen MR) is 128 cm³/mol. The van der Waals surface area contributed by atoms with Crippen molar-refractivity contribution in [2.45, 2.75) is 18.5 Å². The number of methoxy groups -OCH3 is 1. The van der Waals surface area contributed by atoms with Gasteiger partial charge in [0, 0.05) is 12.3 Å². The van der Waals surface area contributed by atoms with E-state index in [0.717, 1.165) is 5.56 Å². The number of nitrogens with one attached hydrogen (secondary N) is 1. The van der Waals surface area contributed by atoms with Crippen LogP contribution in [0.2, 0.25) is 0 Å². The zero-order valence-electron chi connectivity index (χ0n) is 18.6. The number of ether oxygens (including phenoxy) is 1. The number of thioether (sulfide) groups is 1. The lowest BCUT2D eigenvalue weighted by molar-refractivity contribution is -0.124. The molecule has 3 amide bonds. The molecule has 0 unspecified atom stereocenters. The maximum atomic E-state index is 13.5. The van der Waals surface area contributed by atoms with Crippen LogP contribution in [-0.4, -0.2) is 62.0 Å². The van der Waals surface area contributed by atoms with E-state index in [1.807, 2.05) is 47.7 Å². The molecule has 174 valence electrons. The van der Waals surface area contributed by atoms with Crippen molar-refractivity contribution in [1.29, 1.82) is 0 Å². The second-order valence-corrected chi connectivity index (χ2v) is 8.92. The summed E-state index contributed by atoms with van der Waals surface area (Å²) in [5, 5.41) is 12.4. The summed E-state index contributed by atoms with van der Waals surface area (Å²) in [7, 11) is 1.56. The average Bonchev–Trinajstić information content (AvgIpc) is 3.40. The van der Waals surface area contributed by atoms with Gasteiger partial charge in [-0.05, 0) is 43.2 Å². The highest BCUT2D eigenvalue weighted by molar-refractivity contribution is 7.99. The Bertz CT molecular complexity index is 1480. The van der Waals surface area contributed by atoms with Crippen molar-refractivity contribution in [1.82, 2.24) is 29.4 Å². The number of aromatic nitrogens is 4. The van der Waals surface area contributed by atoms with Gasteiger partial charge >= 0.3 is 6.03 Å². The monoisotopic (exact) mass is 478 g/mol. The summed E-state index contributed by atoms with van der Waals surface area (Å²) in [5.74, 6) is 1.32. The van der Waals surface area contributed by atoms with E-state index in [1.54, 1.807) is 13.2 Å². The van der Waals surface area contributed by atoms with E-state index in [9.17, 15) is 14.4 Å². The van der Waals surface area contributed by atoms with Crippen molar-refractivity contribution in [3.05, 3.63) is 58.4 Å². The second kappa shape index (κ2) is 8.82. The minimum Gasteiger partial charge on any atom is -0.495 e. The molecule has 11 heteroatoms. The lowest BCUT2D eigenvalue weighted by atomic mass is 10.2. The highest BCUT2D eigenvalue weighted by Gasteiger charge is 2.27. The average molecular weight is 479 g/mol. The van der Waals surface area contributed by atoms with Gasteiger partial charge in [0.1, 0.15) is 5.75 Å². The predicted octanol–water partition coefficient (Wildman–Crippen LogP) is 2.38. The first-order valence-corrected chi connectivity index (χ1v) is 11.7. The molecule has 1 aliphatic rings. The lowest BCUT2D eigenvalue weighted by Gasteiger charge is -2.15. The normalized spacial score (nSPS) is 13.8. The molecule has 2 aromatic heterocycles. The Labute approximate surface area is 198 Å². The molecule has 0 radical (unpaired) electrons. The standard InChI is InChI=1S/C23H22N6O4S/c1-14-8-9-18(33-2)17(12-14)28-20(31)15-6-3-4-7-16(15)29-21(28)25-26-23(29)34-11-5-10-27-19(30)13-24-22(27)32/h3-4,6-9,12H,5,10-11,13H2,1-2H3,(H,24,32). The fourth-order valence-corrected chi connectivity index (χ4v) is 4.90. The van der Waals surface area contributed by atoms with Gasteiger partial charge in [0.25, 0.3) is 5.56 Å². The summed E-state index contributed by atoms with van der Waals surface area (Å²) in [5.41, 5.74) is 2.05. The van der Waals surface area contributed by atoms with Crippen molar-refractivity contribution in [2.75, 3.05) is 26.0 Å². The van der Waals surface area contributed by atoms with E-state index < -0.39 is 0 Å². The molecular weight excluding hydrogens is 456 g/mol. The van der Waals surface area contributed by atoms with Gasteiger partial charge in [0.2, 0.25) is 11.7 Å². The molecule has 10 nitrogen and oxygen atoms in total. The summed E-state index contributed by atoms with van der Waals surface area (Å²) in [4.78, 5) is 38.3. The van der Waals surface area contributed by atoms with Crippen molar-refractivity contribution >= 4 is 40.4 Å². The SMILES string of the molecule is COc1ccc(C)cc1-n1c(=O)c2ccccc2n2c(SCCCN3C(=O)CNC3=O)nnc12. The van der Waals surface area contributed by atoms with E-state index in [0.29, 0.717) is 52.0 Å². The summed E-state index contributed by atoms with van der Waals surface area (Å²) >= 11 is 1.45. The van der Waals surface area contributed by atoms with Crippen LogP contribution >= 0.6 is 11.8 Å². The Kier molecular flexibility index (Phi) is 5.70. The third-order valence-electron chi connectivity index (χ3n) is 5.66. The molecule has 1 fully saturated rings. The quantitative estimate of drug-likeness (QED) is 0.247. The van der Waals surface area contributed by atoms with Gasteiger partial charge in [0.05, 0.1) is 30.2 Å².